The number of aliphatic hydroxyl groups is 1. The molecule has 0 aliphatic heterocycles. The van der Waals surface area contributed by atoms with Crippen LogP contribution in [-0.4, -0.2) is 42.3 Å². The Labute approximate surface area is 132 Å². The number of hydrogen-bond acceptors (Lipinski definition) is 2. The number of nitrogens with one attached hydrogen (secondary N) is 1. The predicted molar refractivity (Wildman–Crippen MR) is 86.2 cm³/mol. The number of rotatable bonds is 7. The molecule has 1 rings (SSSR count). The van der Waals surface area contributed by atoms with Crippen LogP contribution in [0.2, 0.25) is 0 Å². The van der Waals surface area contributed by atoms with Gasteiger partial charge in [-0.2, -0.15) is 0 Å². The minimum atomic E-state index is -0.386. The Morgan fingerprint density at radius 1 is 1.36 bits per heavy atom. The summed E-state index contributed by atoms with van der Waals surface area (Å²) in [6.07, 6.45) is 0.927. The van der Waals surface area contributed by atoms with Crippen molar-refractivity contribution in [3.63, 3.8) is 0 Å². The summed E-state index contributed by atoms with van der Waals surface area (Å²) in [5.74, 6) is -0.254. The zero-order chi connectivity index (χ0) is 16.8. The first-order valence-corrected chi connectivity index (χ1v) is 7.61. The lowest BCUT2D eigenvalue weighted by atomic mass is 9.87. The molecular formula is C17H27FN2O2. The molecule has 2 amide bonds. The molecule has 2 N–H and O–H groups in total. The van der Waals surface area contributed by atoms with E-state index < -0.39 is 0 Å². The van der Waals surface area contributed by atoms with Gasteiger partial charge in [0.2, 0.25) is 0 Å². The van der Waals surface area contributed by atoms with Crippen LogP contribution < -0.4 is 5.32 Å². The van der Waals surface area contributed by atoms with Gasteiger partial charge in [-0.15, -0.1) is 0 Å². The molecule has 0 aromatic heterocycles. The Kier molecular flexibility index (Phi) is 6.81. The standard InChI is InChI=1S/C17H27FN2O2/c1-13(21)11-17(2,3)12-19-16(22)20(4)10-9-14-5-7-15(18)8-6-14/h5-8,13,21H,9-12H2,1-4H3,(H,19,22). The van der Waals surface area contributed by atoms with Crippen LogP contribution in [0.4, 0.5) is 9.18 Å². The Morgan fingerprint density at radius 2 is 1.95 bits per heavy atom. The zero-order valence-electron chi connectivity index (χ0n) is 13.9. The second-order valence-electron chi connectivity index (χ2n) is 6.67. The maximum atomic E-state index is 12.8. The number of carbonyl (C=O) groups is 1. The molecule has 1 unspecified atom stereocenters. The average molecular weight is 310 g/mol. The molecule has 0 spiro atoms. The van der Waals surface area contributed by atoms with Crippen molar-refractivity contribution in [3.05, 3.63) is 35.6 Å². The fraction of sp³-hybridized carbons (Fsp3) is 0.588. The van der Waals surface area contributed by atoms with Gasteiger partial charge in [0.1, 0.15) is 5.82 Å². The summed E-state index contributed by atoms with van der Waals surface area (Å²) in [5, 5.41) is 12.3. The van der Waals surface area contributed by atoms with Crippen molar-refractivity contribution in [2.45, 2.75) is 39.7 Å². The molecular weight excluding hydrogens is 283 g/mol. The van der Waals surface area contributed by atoms with Crippen molar-refractivity contribution in [2.75, 3.05) is 20.1 Å². The van der Waals surface area contributed by atoms with Crippen LogP contribution in [0.15, 0.2) is 24.3 Å². The van der Waals surface area contributed by atoms with Gasteiger partial charge in [0.05, 0.1) is 6.10 Å². The molecule has 0 saturated carbocycles. The maximum Gasteiger partial charge on any atom is 0.317 e. The number of aliphatic hydroxyl groups excluding tert-OH is 1. The molecule has 22 heavy (non-hydrogen) atoms. The molecule has 4 nitrogen and oxygen atoms in total. The molecule has 0 saturated heterocycles. The summed E-state index contributed by atoms with van der Waals surface area (Å²) in [6, 6.07) is 6.17. The minimum absolute atomic E-state index is 0.138. The highest BCUT2D eigenvalue weighted by atomic mass is 19.1. The van der Waals surface area contributed by atoms with Crippen LogP contribution in [0.25, 0.3) is 0 Å². The summed E-state index contributed by atoms with van der Waals surface area (Å²) < 4.78 is 12.8. The fourth-order valence-corrected chi connectivity index (χ4v) is 2.37. The van der Waals surface area contributed by atoms with E-state index in [9.17, 15) is 14.3 Å². The van der Waals surface area contributed by atoms with Gasteiger partial charge in [-0.3, -0.25) is 0 Å². The van der Waals surface area contributed by atoms with Crippen molar-refractivity contribution in [1.82, 2.24) is 10.2 Å². The Balaban J connectivity index is 2.37. The monoisotopic (exact) mass is 310 g/mol. The first-order valence-electron chi connectivity index (χ1n) is 7.61. The Morgan fingerprint density at radius 3 is 2.50 bits per heavy atom. The van der Waals surface area contributed by atoms with Crippen molar-refractivity contribution >= 4 is 6.03 Å². The van der Waals surface area contributed by atoms with E-state index in [1.54, 1.807) is 31.0 Å². The van der Waals surface area contributed by atoms with E-state index in [-0.39, 0.29) is 23.4 Å². The van der Waals surface area contributed by atoms with Crippen LogP contribution in [0.1, 0.15) is 32.8 Å². The number of urea groups is 1. The smallest absolute Gasteiger partial charge is 0.317 e. The number of likely N-dealkylation sites (N-methyl/N-ethyl adjacent to an activating group) is 1. The fourth-order valence-electron chi connectivity index (χ4n) is 2.37. The lowest BCUT2D eigenvalue weighted by molar-refractivity contribution is 0.127. The number of carbonyl (C=O) groups excluding carboxylic acids is 1. The van der Waals surface area contributed by atoms with E-state index in [0.29, 0.717) is 25.9 Å². The second kappa shape index (κ2) is 8.13. The number of hydrogen-bond donors (Lipinski definition) is 2. The third-order valence-corrected chi connectivity index (χ3v) is 3.56. The van der Waals surface area contributed by atoms with Crippen molar-refractivity contribution in [3.8, 4) is 0 Å². The topological polar surface area (TPSA) is 52.6 Å². The summed E-state index contributed by atoms with van der Waals surface area (Å²) >= 11 is 0. The van der Waals surface area contributed by atoms with Gasteiger partial charge >= 0.3 is 6.03 Å². The highest BCUT2D eigenvalue weighted by Crippen LogP contribution is 2.21. The number of benzene rings is 1. The molecule has 1 aromatic rings. The van der Waals surface area contributed by atoms with Gasteiger partial charge < -0.3 is 15.3 Å². The van der Waals surface area contributed by atoms with E-state index in [2.05, 4.69) is 5.32 Å². The van der Waals surface area contributed by atoms with Gasteiger partial charge in [0.15, 0.2) is 0 Å². The summed E-state index contributed by atoms with van der Waals surface area (Å²) in [5.41, 5.74) is 0.845. The van der Waals surface area contributed by atoms with Crippen molar-refractivity contribution in [1.29, 1.82) is 0 Å². The van der Waals surface area contributed by atoms with Crippen LogP contribution in [0, 0.1) is 11.2 Å². The Hall–Kier alpha value is -1.62. The van der Waals surface area contributed by atoms with E-state index in [0.717, 1.165) is 5.56 Å². The molecule has 0 fully saturated rings. The average Bonchev–Trinajstić information content (AvgIpc) is 2.42. The van der Waals surface area contributed by atoms with Crippen LogP contribution >= 0.6 is 0 Å². The van der Waals surface area contributed by atoms with Crippen LogP contribution in [0.5, 0.6) is 0 Å². The molecule has 1 aromatic carbocycles. The van der Waals surface area contributed by atoms with Crippen LogP contribution in [0.3, 0.4) is 0 Å². The normalized spacial score (nSPS) is 12.8. The summed E-state index contributed by atoms with van der Waals surface area (Å²) in [7, 11) is 1.74. The van der Waals surface area contributed by atoms with E-state index in [1.165, 1.54) is 12.1 Å². The molecule has 1 atom stereocenters. The highest BCUT2D eigenvalue weighted by molar-refractivity contribution is 5.73. The molecule has 124 valence electrons. The van der Waals surface area contributed by atoms with Crippen LogP contribution in [-0.2, 0) is 6.42 Å². The zero-order valence-corrected chi connectivity index (χ0v) is 13.9. The van der Waals surface area contributed by atoms with E-state index in [4.69, 9.17) is 0 Å². The molecule has 5 heteroatoms. The third-order valence-electron chi connectivity index (χ3n) is 3.56. The summed E-state index contributed by atoms with van der Waals surface area (Å²) in [4.78, 5) is 13.7. The molecule has 0 aliphatic rings. The Bertz CT molecular complexity index is 472. The van der Waals surface area contributed by atoms with E-state index >= 15 is 0 Å². The summed E-state index contributed by atoms with van der Waals surface area (Å²) in [6.45, 7) is 6.85. The molecule has 0 radical (unpaired) electrons. The molecule has 0 bridgehead atoms. The predicted octanol–water partition coefficient (Wildman–Crippen LogP) is 2.81. The quantitative estimate of drug-likeness (QED) is 0.813. The van der Waals surface area contributed by atoms with Gasteiger partial charge in [-0.1, -0.05) is 26.0 Å². The van der Waals surface area contributed by atoms with Crippen molar-refractivity contribution in [2.24, 2.45) is 5.41 Å². The second-order valence-corrected chi connectivity index (χ2v) is 6.67. The van der Waals surface area contributed by atoms with Gasteiger partial charge in [-0.05, 0) is 42.9 Å². The first kappa shape index (κ1) is 18.4. The number of nitrogens with zero attached hydrogens (tertiary/aromatic N) is 1. The lowest BCUT2D eigenvalue weighted by Crippen LogP contribution is -2.43. The maximum absolute atomic E-state index is 12.8. The number of halogens is 1. The lowest BCUT2D eigenvalue weighted by Gasteiger charge is -2.28. The van der Waals surface area contributed by atoms with Crippen molar-refractivity contribution < 1.29 is 14.3 Å². The highest BCUT2D eigenvalue weighted by Gasteiger charge is 2.21. The van der Waals surface area contributed by atoms with E-state index in [1.807, 2.05) is 13.8 Å². The van der Waals surface area contributed by atoms with Gasteiger partial charge in [0.25, 0.3) is 0 Å². The minimum Gasteiger partial charge on any atom is -0.393 e. The number of amides is 2. The molecule has 0 heterocycles. The van der Waals surface area contributed by atoms with Gasteiger partial charge in [-0.25, -0.2) is 9.18 Å². The largest absolute Gasteiger partial charge is 0.393 e. The third kappa shape index (κ3) is 6.89. The SMILES string of the molecule is CC(O)CC(C)(C)CNC(=O)N(C)CCc1ccc(F)cc1. The first-order chi connectivity index (χ1) is 10.2. The molecule has 0 aliphatic carbocycles. The van der Waals surface area contributed by atoms with Gasteiger partial charge in [0, 0.05) is 20.1 Å².